The van der Waals surface area contributed by atoms with Crippen molar-refractivity contribution in [3.63, 3.8) is 0 Å². The molecule has 0 saturated carbocycles. The van der Waals surface area contributed by atoms with Crippen molar-refractivity contribution in [2.45, 2.75) is 25.8 Å². The first kappa shape index (κ1) is 18.6. The number of benzene rings is 1. The lowest BCUT2D eigenvalue weighted by Crippen LogP contribution is -2.49. The van der Waals surface area contributed by atoms with E-state index in [1.807, 2.05) is 5.32 Å². The molecule has 25 heavy (non-hydrogen) atoms. The van der Waals surface area contributed by atoms with Gasteiger partial charge in [0.05, 0.1) is 12.3 Å². The number of ether oxygens (including phenoxy) is 1. The molecule has 2 N–H and O–H groups in total. The number of carbonyl (C=O) groups excluding carboxylic acids is 3. The average Bonchev–Trinajstić information content (AvgIpc) is 2.59. The summed E-state index contributed by atoms with van der Waals surface area (Å²) in [5.74, 6) is -3.61. The lowest BCUT2D eigenvalue weighted by molar-refractivity contribution is -0.136. The number of amides is 3. The molecule has 0 unspecified atom stereocenters. The van der Waals surface area contributed by atoms with Crippen molar-refractivity contribution in [1.29, 1.82) is 0 Å². The molecule has 0 spiro atoms. The highest BCUT2D eigenvalue weighted by molar-refractivity contribution is 6.39. The predicted octanol–water partition coefficient (Wildman–Crippen LogP) is 1.64. The van der Waals surface area contributed by atoms with Crippen LogP contribution >= 0.6 is 0 Å². The molecule has 0 aromatic heterocycles. The Labute approximate surface area is 143 Å². The third-order valence-corrected chi connectivity index (χ3v) is 3.74. The van der Waals surface area contributed by atoms with E-state index in [1.54, 1.807) is 6.92 Å². The van der Waals surface area contributed by atoms with Crippen LogP contribution in [-0.2, 0) is 14.3 Å². The van der Waals surface area contributed by atoms with E-state index in [0.717, 1.165) is 18.2 Å². The van der Waals surface area contributed by atoms with Gasteiger partial charge in [-0.25, -0.2) is 13.6 Å². The Hall–Kier alpha value is -2.71. The molecule has 0 aliphatic carbocycles. The van der Waals surface area contributed by atoms with E-state index in [9.17, 15) is 23.2 Å². The Morgan fingerprint density at radius 3 is 2.52 bits per heavy atom. The monoisotopic (exact) mass is 355 g/mol. The van der Waals surface area contributed by atoms with Crippen LogP contribution < -0.4 is 10.6 Å². The van der Waals surface area contributed by atoms with E-state index >= 15 is 0 Å². The van der Waals surface area contributed by atoms with Gasteiger partial charge in [-0.05, 0) is 31.9 Å². The van der Waals surface area contributed by atoms with Crippen molar-refractivity contribution < 1.29 is 27.9 Å². The molecule has 136 valence electrons. The summed E-state index contributed by atoms with van der Waals surface area (Å²) in [6.07, 6.45) is 0.518. The number of hydrogen-bond acceptors (Lipinski definition) is 4. The smallest absolute Gasteiger partial charge is 0.409 e. The van der Waals surface area contributed by atoms with Gasteiger partial charge in [0, 0.05) is 25.2 Å². The molecule has 1 heterocycles. The Morgan fingerprint density at radius 2 is 1.88 bits per heavy atom. The molecule has 2 rings (SSSR count). The highest BCUT2D eigenvalue weighted by Gasteiger charge is 2.26. The van der Waals surface area contributed by atoms with Crippen LogP contribution in [0.4, 0.5) is 19.3 Å². The van der Waals surface area contributed by atoms with E-state index in [1.165, 1.54) is 4.90 Å². The minimum atomic E-state index is -1.09. The third-order valence-electron chi connectivity index (χ3n) is 3.74. The average molecular weight is 355 g/mol. The van der Waals surface area contributed by atoms with Crippen LogP contribution in [0.3, 0.4) is 0 Å². The van der Waals surface area contributed by atoms with Gasteiger partial charge in [-0.3, -0.25) is 9.59 Å². The maximum atomic E-state index is 13.5. The van der Waals surface area contributed by atoms with Crippen LogP contribution in [0.15, 0.2) is 18.2 Å². The molecular weight excluding hydrogens is 336 g/mol. The fraction of sp³-hybridized carbons (Fsp3) is 0.438. The van der Waals surface area contributed by atoms with Gasteiger partial charge in [0.1, 0.15) is 11.6 Å². The number of likely N-dealkylation sites (tertiary alicyclic amines) is 1. The van der Waals surface area contributed by atoms with Crippen molar-refractivity contribution in [2.75, 3.05) is 25.0 Å². The van der Waals surface area contributed by atoms with E-state index < -0.39 is 35.2 Å². The lowest BCUT2D eigenvalue weighted by atomic mass is 10.1. The number of anilines is 1. The fourth-order valence-electron chi connectivity index (χ4n) is 2.44. The van der Waals surface area contributed by atoms with Crippen molar-refractivity contribution in [3.8, 4) is 0 Å². The molecule has 0 radical (unpaired) electrons. The fourth-order valence-corrected chi connectivity index (χ4v) is 2.44. The minimum absolute atomic E-state index is 0.284. The van der Waals surface area contributed by atoms with Crippen LogP contribution in [0.25, 0.3) is 0 Å². The predicted molar refractivity (Wildman–Crippen MR) is 84.7 cm³/mol. The number of rotatable bonds is 3. The number of carbonyl (C=O) groups is 3. The van der Waals surface area contributed by atoms with E-state index in [4.69, 9.17) is 4.74 Å². The molecule has 1 saturated heterocycles. The second-order valence-electron chi connectivity index (χ2n) is 5.51. The van der Waals surface area contributed by atoms with E-state index in [-0.39, 0.29) is 12.6 Å². The molecule has 0 bridgehead atoms. The topological polar surface area (TPSA) is 87.7 Å². The number of piperidine rings is 1. The number of nitrogens with one attached hydrogen (secondary N) is 2. The molecule has 9 heteroatoms. The molecule has 1 fully saturated rings. The Bertz CT molecular complexity index is 661. The quantitative estimate of drug-likeness (QED) is 0.807. The molecular formula is C16H19F2N3O4. The molecule has 3 amide bonds. The number of nitrogens with zero attached hydrogens (tertiary/aromatic N) is 1. The van der Waals surface area contributed by atoms with E-state index in [2.05, 4.69) is 5.32 Å². The van der Waals surface area contributed by atoms with Crippen molar-refractivity contribution in [2.24, 2.45) is 0 Å². The summed E-state index contributed by atoms with van der Waals surface area (Å²) in [6, 6.07) is 2.26. The van der Waals surface area contributed by atoms with Crippen LogP contribution in [0.2, 0.25) is 0 Å². The second-order valence-corrected chi connectivity index (χ2v) is 5.51. The lowest BCUT2D eigenvalue weighted by Gasteiger charge is -2.31. The van der Waals surface area contributed by atoms with Crippen LogP contribution in [0, 0.1) is 11.6 Å². The van der Waals surface area contributed by atoms with Gasteiger partial charge in [0.15, 0.2) is 0 Å². The van der Waals surface area contributed by atoms with Gasteiger partial charge in [-0.15, -0.1) is 0 Å². The van der Waals surface area contributed by atoms with E-state index in [0.29, 0.717) is 25.9 Å². The zero-order valence-corrected chi connectivity index (χ0v) is 13.7. The molecule has 7 nitrogen and oxygen atoms in total. The van der Waals surface area contributed by atoms with Crippen molar-refractivity contribution in [1.82, 2.24) is 10.2 Å². The van der Waals surface area contributed by atoms with Gasteiger partial charge in [-0.1, -0.05) is 0 Å². The number of halogens is 2. The SMILES string of the molecule is CCOC(=O)N1CCC(NC(=O)C(=O)Nc2cc(F)ccc2F)CC1. The zero-order valence-electron chi connectivity index (χ0n) is 13.7. The second kappa shape index (κ2) is 8.41. The summed E-state index contributed by atoms with van der Waals surface area (Å²) < 4.78 is 31.4. The van der Waals surface area contributed by atoms with Crippen molar-refractivity contribution >= 4 is 23.6 Å². The Balaban J connectivity index is 1.83. The molecule has 1 aromatic carbocycles. The third kappa shape index (κ3) is 5.13. The van der Waals surface area contributed by atoms with Gasteiger partial charge >= 0.3 is 17.9 Å². The first-order chi connectivity index (χ1) is 11.9. The van der Waals surface area contributed by atoms with Gasteiger partial charge in [0.25, 0.3) is 0 Å². The molecule has 1 aliphatic rings. The van der Waals surface area contributed by atoms with Crippen molar-refractivity contribution in [3.05, 3.63) is 29.8 Å². The molecule has 0 atom stereocenters. The maximum absolute atomic E-state index is 13.5. The summed E-state index contributed by atoms with van der Waals surface area (Å²) in [4.78, 5) is 36.8. The summed E-state index contributed by atoms with van der Waals surface area (Å²) in [6.45, 7) is 2.78. The Morgan fingerprint density at radius 1 is 1.20 bits per heavy atom. The summed E-state index contributed by atoms with van der Waals surface area (Å²) in [5.41, 5.74) is -0.405. The van der Waals surface area contributed by atoms with Gasteiger partial charge < -0.3 is 20.3 Å². The largest absolute Gasteiger partial charge is 0.450 e. The first-order valence-corrected chi connectivity index (χ1v) is 7.89. The maximum Gasteiger partial charge on any atom is 0.409 e. The molecule has 1 aromatic rings. The zero-order chi connectivity index (χ0) is 18.4. The van der Waals surface area contributed by atoms with Gasteiger partial charge in [0.2, 0.25) is 0 Å². The summed E-state index contributed by atoms with van der Waals surface area (Å²) >= 11 is 0. The minimum Gasteiger partial charge on any atom is -0.450 e. The van der Waals surface area contributed by atoms with Gasteiger partial charge in [-0.2, -0.15) is 0 Å². The van der Waals surface area contributed by atoms with Crippen LogP contribution in [0.5, 0.6) is 0 Å². The normalized spacial score (nSPS) is 14.8. The standard InChI is InChI=1S/C16H19F2N3O4/c1-2-25-16(24)21-7-5-11(6-8-21)19-14(22)15(23)20-13-9-10(17)3-4-12(13)18/h3-4,9,11H,2,5-8H2,1H3,(H,19,22)(H,20,23). The number of hydrogen-bond donors (Lipinski definition) is 2. The van der Waals surface area contributed by atoms with Crippen LogP contribution in [-0.4, -0.2) is 48.5 Å². The summed E-state index contributed by atoms with van der Waals surface area (Å²) in [7, 11) is 0. The van der Waals surface area contributed by atoms with Crippen LogP contribution in [0.1, 0.15) is 19.8 Å². The highest BCUT2D eigenvalue weighted by Crippen LogP contribution is 2.15. The molecule has 1 aliphatic heterocycles. The Kier molecular flexibility index (Phi) is 6.26. The summed E-state index contributed by atoms with van der Waals surface area (Å²) in [5, 5.41) is 4.55. The highest BCUT2D eigenvalue weighted by atomic mass is 19.1. The first-order valence-electron chi connectivity index (χ1n) is 7.89.